The maximum atomic E-state index is 12.0. The lowest BCUT2D eigenvalue weighted by molar-refractivity contribution is -0.141. The van der Waals surface area contributed by atoms with Crippen LogP contribution < -0.4 is 0 Å². The van der Waals surface area contributed by atoms with Crippen LogP contribution in [0.5, 0.6) is 0 Å². The van der Waals surface area contributed by atoms with Crippen LogP contribution in [-0.4, -0.2) is 40.0 Å². The van der Waals surface area contributed by atoms with Crippen molar-refractivity contribution in [2.75, 3.05) is 7.05 Å². The van der Waals surface area contributed by atoms with Crippen LogP contribution in [0.3, 0.4) is 0 Å². The maximum absolute atomic E-state index is 12.0. The van der Waals surface area contributed by atoms with Gasteiger partial charge in [-0.05, 0) is 13.3 Å². The Balaban J connectivity index is 2.90. The highest BCUT2D eigenvalue weighted by molar-refractivity contribution is 7.11. The van der Waals surface area contributed by atoms with Gasteiger partial charge >= 0.3 is 5.97 Å². The van der Waals surface area contributed by atoms with Crippen molar-refractivity contribution in [3.63, 3.8) is 0 Å². The zero-order chi connectivity index (χ0) is 12.3. The number of carboxylic acids is 1. The number of hydrogen-bond acceptors (Lipinski definition) is 4. The number of hydrogen-bond donors (Lipinski definition) is 1. The van der Waals surface area contributed by atoms with E-state index in [1.165, 1.54) is 30.2 Å². The van der Waals surface area contributed by atoms with E-state index in [9.17, 15) is 9.59 Å². The standard InChI is InChI=1S/C10H14N2O3S/c1-4-7-8(16-5-11-7)9(13)12(3)6(2)10(14)15/h5-6H,4H2,1-3H3,(H,14,15). The number of aromatic nitrogens is 1. The second kappa shape index (κ2) is 5.07. The van der Waals surface area contributed by atoms with Crippen molar-refractivity contribution in [1.29, 1.82) is 0 Å². The van der Waals surface area contributed by atoms with Crippen LogP contribution in [-0.2, 0) is 11.2 Å². The number of aliphatic carboxylic acids is 1. The minimum Gasteiger partial charge on any atom is -0.480 e. The normalized spacial score (nSPS) is 12.2. The monoisotopic (exact) mass is 242 g/mol. The predicted octanol–water partition coefficient (Wildman–Crippen LogP) is 1.25. The molecule has 5 nitrogen and oxygen atoms in total. The van der Waals surface area contributed by atoms with Gasteiger partial charge in [0.1, 0.15) is 10.9 Å². The highest BCUT2D eigenvalue weighted by Crippen LogP contribution is 2.17. The summed E-state index contributed by atoms with van der Waals surface area (Å²) in [6.07, 6.45) is 0.667. The first kappa shape index (κ1) is 12.6. The number of likely N-dealkylation sites (N-methyl/N-ethyl adjacent to an activating group) is 1. The highest BCUT2D eigenvalue weighted by Gasteiger charge is 2.25. The van der Waals surface area contributed by atoms with E-state index < -0.39 is 12.0 Å². The number of carbonyl (C=O) groups is 2. The van der Waals surface area contributed by atoms with Gasteiger partial charge in [-0.1, -0.05) is 6.92 Å². The Morgan fingerprint density at radius 1 is 1.62 bits per heavy atom. The molecule has 1 unspecified atom stereocenters. The quantitative estimate of drug-likeness (QED) is 0.862. The molecule has 0 aliphatic carbocycles. The zero-order valence-corrected chi connectivity index (χ0v) is 10.2. The number of carboxylic acid groups (broad SMARTS) is 1. The first-order valence-corrected chi connectivity index (χ1v) is 5.79. The molecule has 0 aliphatic heterocycles. The number of amides is 1. The van der Waals surface area contributed by atoms with Gasteiger partial charge in [-0.25, -0.2) is 9.78 Å². The lowest BCUT2D eigenvalue weighted by Crippen LogP contribution is -2.40. The highest BCUT2D eigenvalue weighted by atomic mass is 32.1. The fraction of sp³-hybridized carbons (Fsp3) is 0.500. The Labute approximate surface area is 97.7 Å². The lowest BCUT2D eigenvalue weighted by Gasteiger charge is -2.20. The summed E-state index contributed by atoms with van der Waals surface area (Å²) in [6.45, 7) is 3.39. The van der Waals surface area contributed by atoms with E-state index in [4.69, 9.17) is 5.11 Å². The summed E-state index contributed by atoms with van der Waals surface area (Å²) in [7, 11) is 1.49. The molecule has 0 aliphatic rings. The van der Waals surface area contributed by atoms with Crippen LogP contribution in [0.15, 0.2) is 5.51 Å². The maximum Gasteiger partial charge on any atom is 0.326 e. The number of carbonyl (C=O) groups excluding carboxylic acids is 1. The number of rotatable bonds is 4. The number of aryl methyl sites for hydroxylation is 1. The smallest absolute Gasteiger partial charge is 0.326 e. The summed E-state index contributed by atoms with van der Waals surface area (Å²) >= 11 is 1.24. The van der Waals surface area contributed by atoms with Gasteiger partial charge in [0, 0.05) is 7.05 Å². The number of thiazole rings is 1. The molecule has 6 heteroatoms. The molecule has 0 saturated carbocycles. The molecule has 0 saturated heterocycles. The summed E-state index contributed by atoms with van der Waals surface area (Å²) in [6, 6.07) is -0.834. The summed E-state index contributed by atoms with van der Waals surface area (Å²) < 4.78 is 0. The van der Waals surface area contributed by atoms with E-state index in [1.54, 1.807) is 5.51 Å². The van der Waals surface area contributed by atoms with E-state index in [0.29, 0.717) is 11.3 Å². The van der Waals surface area contributed by atoms with Crippen molar-refractivity contribution in [1.82, 2.24) is 9.88 Å². The molecule has 0 radical (unpaired) electrons. The molecule has 1 amide bonds. The fourth-order valence-electron chi connectivity index (χ4n) is 1.20. The van der Waals surface area contributed by atoms with E-state index >= 15 is 0 Å². The molecule has 1 N–H and O–H groups in total. The molecular formula is C10H14N2O3S. The van der Waals surface area contributed by atoms with Gasteiger partial charge in [0.05, 0.1) is 11.2 Å². The van der Waals surface area contributed by atoms with Crippen molar-refractivity contribution < 1.29 is 14.7 Å². The summed E-state index contributed by atoms with van der Waals surface area (Å²) in [5.41, 5.74) is 2.32. The van der Waals surface area contributed by atoms with E-state index in [2.05, 4.69) is 4.98 Å². The summed E-state index contributed by atoms with van der Waals surface area (Å²) in [5, 5.41) is 8.82. The molecule has 0 bridgehead atoms. The molecule has 1 rings (SSSR count). The van der Waals surface area contributed by atoms with Crippen LogP contribution in [0, 0.1) is 0 Å². The average molecular weight is 242 g/mol. The number of nitrogens with zero attached hydrogens (tertiary/aromatic N) is 2. The molecular weight excluding hydrogens is 228 g/mol. The Hall–Kier alpha value is -1.43. The van der Waals surface area contributed by atoms with Crippen LogP contribution in [0.4, 0.5) is 0 Å². The summed E-state index contributed by atoms with van der Waals surface area (Å²) in [5.74, 6) is -1.30. The Kier molecular flexibility index (Phi) is 4.00. The molecule has 0 aromatic carbocycles. The third-order valence-corrected chi connectivity index (χ3v) is 3.29. The van der Waals surface area contributed by atoms with Gasteiger partial charge in [-0.3, -0.25) is 4.79 Å². The molecule has 1 heterocycles. The van der Waals surface area contributed by atoms with Crippen molar-refractivity contribution in [2.24, 2.45) is 0 Å². The Bertz CT molecular complexity index is 403. The van der Waals surface area contributed by atoms with E-state index in [1.807, 2.05) is 6.92 Å². The van der Waals surface area contributed by atoms with Crippen molar-refractivity contribution in [3.8, 4) is 0 Å². The van der Waals surface area contributed by atoms with Crippen LogP contribution in [0.25, 0.3) is 0 Å². The first-order valence-electron chi connectivity index (χ1n) is 4.91. The molecule has 1 atom stereocenters. The van der Waals surface area contributed by atoms with E-state index in [0.717, 1.165) is 5.69 Å². The SMILES string of the molecule is CCc1ncsc1C(=O)N(C)C(C)C(=O)O. The molecule has 1 aromatic rings. The van der Waals surface area contributed by atoms with Crippen molar-refractivity contribution >= 4 is 23.2 Å². The minimum atomic E-state index is -1.02. The van der Waals surface area contributed by atoms with Crippen LogP contribution in [0.1, 0.15) is 29.2 Å². The summed E-state index contributed by atoms with van der Waals surface area (Å²) in [4.78, 5) is 28.5. The van der Waals surface area contributed by atoms with Gasteiger partial charge in [0.25, 0.3) is 5.91 Å². The second-order valence-corrected chi connectivity index (χ2v) is 4.27. The fourth-order valence-corrected chi connectivity index (χ4v) is 2.06. The van der Waals surface area contributed by atoms with Crippen LogP contribution in [0.2, 0.25) is 0 Å². The van der Waals surface area contributed by atoms with Crippen molar-refractivity contribution in [3.05, 3.63) is 16.1 Å². The van der Waals surface area contributed by atoms with Gasteiger partial charge in [-0.2, -0.15) is 0 Å². The molecule has 16 heavy (non-hydrogen) atoms. The Morgan fingerprint density at radius 3 is 2.75 bits per heavy atom. The molecule has 1 aromatic heterocycles. The van der Waals surface area contributed by atoms with Gasteiger partial charge in [-0.15, -0.1) is 11.3 Å². The molecule has 88 valence electrons. The van der Waals surface area contributed by atoms with Gasteiger partial charge < -0.3 is 10.0 Å². The molecule has 0 spiro atoms. The first-order chi connectivity index (χ1) is 7.49. The van der Waals surface area contributed by atoms with Crippen molar-refractivity contribution in [2.45, 2.75) is 26.3 Å². The average Bonchev–Trinajstić information content (AvgIpc) is 2.73. The topological polar surface area (TPSA) is 70.5 Å². The zero-order valence-electron chi connectivity index (χ0n) is 9.43. The predicted molar refractivity (Wildman–Crippen MR) is 60.7 cm³/mol. The van der Waals surface area contributed by atoms with Gasteiger partial charge in [0.15, 0.2) is 0 Å². The van der Waals surface area contributed by atoms with Crippen LogP contribution >= 0.6 is 11.3 Å². The third kappa shape index (κ3) is 2.38. The third-order valence-electron chi connectivity index (χ3n) is 2.43. The molecule has 0 fully saturated rings. The largest absolute Gasteiger partial charge is 0.480 e. The minimum absolute atomic E-state index is 0.283. The van der Waals surface area contributed by atoms with E-state index in [-0.39, 0.29) is 5.91 Å². The Morgan fingerprint density at radius 2 is 2.25 bits per heavy atom. The second-order valence-electron chi connectivity index (χ2n) is 3.41. The van der Waals surface area contributed by atoms with Gasteiger partial charge in [0.2, 0.25) is 0 Å². The lowest BCUT2D eigenvalue weighted by atomic mass is 10.2.